The Hall–Kier alpha value is -1.95. The molecule has 0 spiro atoms. The van der Waals surface area contributed by atoms with Crippen LogP contribution in [0, 0.1) is 10.1 Å². The fourth-order valence-electron chi connectivity index (χ4n) is 1.70. The number of hydrogen-bond acceptors (Lipinski definition) is 4. The van der Waals surface area contributed by atoms with Crippen molar-refractivity contribution < 1.29 is 4.92 Å². The molecule has 2 aromatic rings. The van der Waals surface area contributed by atoms with Crippen LogP contribution >= 0.6 is 0 Å². The zero-order chi connectivity index (χ0) is 11.7. The molecule has 0 bridgehead atoms. The molecule has 1 aromatic heterocycles. The van der Waals surface area contributed by atoms with Gasteiger partial charge in [0, 0.05) is 25.6 Å². The van der Waals surface area contributed by atoms with E-state index in [0.717, 1.165) is 11.3 Å². The molecule has 0 aliphatic rings. The lowest BCUT2D eigenvalue weighted by molar-refractivity contribution is -0.384. The van der Waals surface area contributed by atoms with Gasteiger partial charge in [-0.2, -0.15) is 0 Å². The van der Waals surface area contributed by atoms with Crippen LogP contribution in [0.2, 0.25) is 0 Å². The molecule has 0 unspecified atom stereocenters. The van der Waals surface area contributed by atoms with E-state index in [4.69, 9.17) is 5.73 Å². The number of nitrogens with zero attached hydrogens (tertiary/aromatic N) is 3. The van der Waals surface area contributed by atoms with E-state index in [1.807, 2.05) is 11.6 Å². The molecule has 6 heteroatoms. The van der Waals surface area contributed by atoms with Gasteiger partial charge in [-0.15, -0.1) is 0 Å². The number of benzene rings is 1. The molecule has 16 heavy (non-hydrogen) atoms. The molecule has 0 saturated heterocycles. The lowest BCUT2D eigenvalue weighted by Crippen LogP contribution is -2.07. The summed E-state index contributed by atoms with van der Waals surface area (Å²) in [4.78, 5) is 14.5. The number of nitro groups is 1. The zero-order valence-electron chi connectivity index (χ0n) is 8.88. The molecule has 0 atom stereocenters. The summed E-state index contributed by atoms with van der Waals surface area (Å²) >= 11 is 0. The average molecular weight is 220 g/mol. The third-order valence-corrected chi connectivity index (χ3v) is 2.54. The SMILES string of the molecule is Cn1c(CCN)nc2cc([N+](=O)[O-])ccc21. The minimum atomic E-state index is -0.420. The number of non-ortho nitro benzene ring substituents is 1. The molecule has 6 nitrogen and oxygen atoms in total. The number of rotatable bonds is 3. The predicted octanol–water partition coefficient (Wildman–Crippen LogP) is 0.983. The van der Waals surface area contributed by atoms with E-state index in [-0.39, 0.29) is 5.69 Å². The van der Waals surface area contributed by atoms with Crippen molar-refractivity contribution in [2.45, 2.75) is 6.42 Å². The van der Waals surface area contributed by atoms with Gasteiger partial charge in [-0.3, -0.25) is 10.1 Å². The van der Waals surface area contributed by atoms with E-state index in [9.17, 15) is 10.1 Å². The van der Waals surface area contributed by atoms with Gasteiger partial charge in [0.15, 0.2) is 0 Å². The summed E-state index contributed by atoms with van der Waals surface area (Å²) in [5.74, 6) is 0.845. The Morgan fingerprint density at radius 3 is 2.94 bits per heavy atom. The van der Waals surface area contributed by atoms with Gasteiger partial charge >= 0.3 is 0 Å². The van der Waals surface area contributed by atoms with Crippen LogP contribution in [0.25, 0.3) is 11.0 Å². The second-order valence-electron chi connectivity index (χ2n) is 3.56. The molecule has 1 heterocycles. The smallest absolute Gasteiger partial charge is 0.271 e. The topological polar surface area (TPSA) is 87.0 Å². The first-order chi connectivity index (χ1) is 7.63. The first-order valence-electron chi connectivity index (χ1n) is 4.93. The van der Waals surface area contributed by atoms with E-state index in [1.165, 1.54) is 12.1 Å². The second-order valence-corrected chi connectivity index (χ2v) is 3.56. The van der Waals surface area contributed by atoms with Gasteiger partial charge in [-0.1, -0.05) is 0 Å². The van der Waals surface area contributed by atoms with Crippen LogP contribution in [0.5, 0.6) is 0 Å². The number of nitro benzene ring substituents is 1. The summed E-state index contributed by atoms with van der Waals surface area (Å²) in [6.45, 7) is 0.513. The highest BCUT2D eigenvalue weighted by molar-refractivity contribution is 5.78. The van der Waals surface area contributed by atoms with Crippen molar-refractivity contribution >= 4 is 16.7 Å². The van der Waals surface area contributed by atoms with Crippen LogP contribution in [-0.2, 0) is 13.5 Å². The van der Waals surface area contributed by atoms with Gasteiger partial charge in [0.2, 0.25) is 0 Å². The van der Waals surface area contributed by atoms with E-state index < -0.39 is 4.92 Å². The fourth-order valence-corrected chi connectivity index (χ4v) is 1.70. The number of aromatic nitrogens is 2. The van der Waals surface area contributed by atoms with Crippen molar-refractivity contribution in [3.63, 3.8) is 0 Å². The third-order valence-electron chi connectivity index (χ3n) is 2.54. The first kappa shape index (κ1) is 10.6. The van der Waals surface area contributed by atoms with Gasteiger partial charge in [0.1, 0.15) is 5.82 Å². The normalized spacial score (nSPS) is 10.9. The Morgan fingerprint density at radius 1 is 1.56 bits per heavy atom. The van der Waals surface area contributed by atoms with E-state index >= 15 is 0 Å². The van der Waals surface area contributed by atoms with E-state index in [0.29, 0.717) is 18.5 Å². The van der Waals surface area contributed by atoms with Gasteiger partial charge in [-0.05, 0) is 12.6 Å². The molecule has 84 valence electrons. The molecule has 2 rings (SSSR count). The molecule has 0 fully saturated rings. The lowest BCUT2D eigenvalue weighted by Gasteiger charge is -1.99. The van der Waals surface area contributed by atoms with Crippen LogP contribution in [-0.4, -0.2) is 21.0 Å². The lowest BCUT2D eigenvalue weighted by atomic mass is 10.3. The largest absolute Gasteiger partial charge is 0.331 e. The second kappa shape index (κ2) is 3.90. The summed E-state index contributed by atoms with van der Waals surface area (Å²) in [6, 6.07) is 4.67. The molecule has 0 aliphatic carbocycles. The molecule has 0 amide bonds. The number of aryl methyl sites for hydroxylation is 1. The minimum Gasteiger partial charge on any atom is -0.331 e. The Kier molecular flexibility index (Phi) is 2.57. The molecule has 2 N–H and O–H groups in total. The van der Waals surface area contributed by atoms with Crippen LogP contribution in [0.1, 0.15) is 5.82 Å². The molecule has 0 saturated carbocycles. The Labute approximate surface area is 91.8 Å². The van der Waals surface area contributed by atoms with Crippen LogP contribution in [0.3, 0.4) is 0 Å². The number of hydrogen-bond donors (Lipinski definition) is 1. The fraction of sp³-hybridized carbons (Fsp3) is 0.300. The number of imidazole rings is 1. The van der Waals surface area contributed by atoms with Crippen molar-refractivity contribution in [1.82, 2.24) is 9.55 Å². The maximum Gasteiger partial charge on any atom is 0.271 e. The van der Waals surface area contributed by atoms with Crippen LogP contribution in [0.15, 0.2) is 18.2 Å². The summed E-state index contributed by atoms with van der Waals surface area (Å²) < 4.78 is 1.91. The number of fused-ring (bicyclic) bond motifs is 1. The predicted molar refractivity (Wildman–Crippen MR) is 60.1 cm³/mol. The Bertz CT molecular complexity index is 547. The van der Waals surface area contributed by atoms with Gasteiger partial charge < -0.3 is 10.3 Å². The summed E-state index contributed by atoms with van der Waals surface area (Å²) in [5.41, 5.74) is 7.05. The van der Waals surface area contributed by atoms with Gasteiger partial charge in [0.25, 0.3) is 5.69 Å². The molecular weight excluding hydrogens is 208 g/mol. The van der Waals surface area contributed by atoms with E-state index in [1.54, 1.807) is 6.07 Å². The molecule has 1 aromatic carbocycles. The Morgan fingerprint density at radius 2 is 2.31 bits per heavy atom. The Balaban J connectivity index is 2.58. The van der Waals surface area contributed by atoms with Crippen molar-refractivity contribution in [2.24, 2.45) is 12.8 Å². The van der Waals surface area contributed by atoms with E-state index in [2.05, 4.69) is 4.98 Å². The van der Waals surface area contributed by atoms with Crippen molar-refractivity contribution in [3.05, 3.63) is 34.1 Å². The van der Waals surface area contributed by atoms with Crippen LogP contribution in [0.4, 0.5) is 5.69 Å². The highest BCUT2D eigenvalue weighted by Gasteiger charge is 2.11. The summed E-state index contributed by atoms with van der Waals surface area (Å²) in [5, 5.41) is 10.6. The summed E-state index contributed by atoms with van der Waals surface area (Å²) in [6.07, 6.45) is 0.666. The third kappa shape index (κ3) is 1.63. The van der Waals surface area contributed by atoms with Crippen molar-refractivity contribution in [2.75, 3.05) is 6.54 Å². The van der Waals surface area contributed by atoms with Crippen molar-refractivity contribution in [3.8, 4) is 0 Å². The molecule has 0 aliphatic heterocycles. The maximum atomic E-state index is 10.6. The van der Waals surface area contributed by atoms with Crippen LogP contribution < -0.4 is 5.73 Å². The standard InChI is InChI=1S/C10H12N4O2/c1-13-9-3-2-7(14(15)16)6-8(9)12-10(13)4-5-11/h2-3,6H,4-5,11H2,1H3. The highest BCUT2D eigenvalue weighted by atomic mass is 16.6. The zero-order valence-corrected chi connectivity index (χ0v) is 8.88. The first-order valence-corrected chi connectivity index (χ1v) is 4.93. The van der Waals surface area contributed by atoms with Gasteiger partial charge in [-0.25, -0.2) is 4.98 Å². The maximum absolute atomic E-state index is 10.6. The van der Waals surface area contributed by atoms with Gasteiger partial charge in [0.05, 0.1) is 16.0 Å². The monoisotopic (exact) mass is 220 g/mol. The summed E-state index contributed by atoms with van der Waals surface area (Å²) in [7, 11) is 1.88. The molecule has 0 radical (unpaired) electrons. The highest BCUT2D eigenvalue weighted by Crippen LogP contribution is 2.20. The quantitative estimate of drug-likeness (QED) is 0.617. The molecular formula is C10H12N4O2. The minimum absolute atomic E-state index is 0.0601. The van der Waals surface area contributed by atoms with Crippen molar-refractivity contribution in [1.29, 1.82) is 0 Å². The average Bonchev–Trinajstić information content (AvgIpc) is 2.56. The number of nitrogens with two attached hydrogens (primary N) is 1.